The molecule has 2 atom stereocenters. The molecule has 0 amide bonds. The van der Waals surface area contributed by atoms with Gasteiger partial charge in [0.1, 0.15) is 9.09 Å². The molecular weight excluding hydrogens is 314 g/mol. The second-order valence-corrected chi connectivity index (χ2v) is 8.34. The Kier molecular flexibility index (Phi) is 5.37. The van der Waals surface area contributed by atoms with Gasteiger partial charge in [0, 0.05) is 13.2 Å². The summed E-state index contributed by atoms with van der Waals surface area (Å²) in [4.78, 5) is 10.8. The van der Waals surface area contributed by atoms with Gasteiger partial charge in [0.25, 0.3) is 0 Å². The van der Waals surface area contributed by atoms with E-state index < -0.39 is 16.0 Å². The lowest BCUT2D eigenvalue weighted by molar-refractivity contribution is 0.0702. The quantitative estimate of drug-likeness (QED) is 0.732. The molecule has 6 nitrogen and oxygen atoms in total. The number of rotatable bonds is 6. The Morgan fingerprint density at radius 2 is 1.95 bits per heavy atom. The minimum absolute atomic E-state index is 0.00118. The normalized spacial score (nSPS) is 23.1. The first-order valence-corrected chi connectivity index (χ1v) is 9.17. The van der Waals surface area contributed by atoms with Gasteiger partial charge in [-0.3, -0.25) is 0 Å². The molecular formula is C13H19NO5S2. The first-order chi connectivity index (χ1) is 9.94. The van der Waals surface area contributed by atoms with Crippen LogP contribution in [0.15, 0.2) is 16.3 Å². The Bertz CT molecular complexity index is 595. The van der Waals surface area contributed by atoms with Crippen LogP contribution >= 0.6 is 11.3 Å². The Balaban J connectivity index is 2.01. The lowest BCUT2D eigenvalue weighted by atomic mass is 9.80. The van der Waals surface area contributed by atoms with Crippen LogP contribution in [0.5, 0.6) is 0 Å². The van der Waals surface area contributed by atoms with Gasteiger partial charge in [0.15, 0.2) is 0 Å². The fourth-order valence-corrected chi connectivity index (χ4v) is 4.95. The highest BCUT2D eigenvalue weighted by Gasteiger charge is 2.27. The fraction of sp³-hybridized carbons (Fsp3) is 0.615. The summed E-state index contributed by atoms with van der Waals surface area (Å²) in [5.41, 5.74) is 0. The van der Waals surface area contributed by atoms with Gasteiger partial charge in [-0.1, -0.05) is 12.8 Å². The van der Waals surface area contributed by atoms with Crippen LogP contribution in [0.4, 0.5) is 0 Å². The Morgan fingerprint density at radius 1 is 1.29 bits per heavy atom. The van der Waals surface area contributed by atoms with Crippen molar-refractivity contribution in [3.8, 4) is 0 Å². The summed E-state index contributed by atoms with van der Waals surface area (Å²) in [6, 6.07) is 2.60. The average molecular weight is 333 g/mol. The summed E-state index contributed by atoms with van der Waals surface area (Å²) >= 11 is 0.742. The minimum Gasteiger partial charge on any atom is -0.477 e. The van der Waals surface area contributed by atoms with E-state index in [1.165, 1.54) is 12.1 Å². The van der Waals surface area contributed by atoms with E-state index in [0.29, 0.717) is 0 Å². The Hall–Kier alpha value is -0.960. The van der Waals surface area contributed by atoms with E-state index in [2.05, 4.69) is 4.72 Å². The largest absolute Gasteiger partial charge is 0.477 e. The fourth-order valence-electron chi connectivity index (χ4n) is 2.66. The zero-order valence-electron chi connectivity index (χ0n) is 11.5. The lowest BCUT2D eigenvalue weighted by Crippen LogP contribution is -2.35. The van der Waals surface area contributed by atoms with Crippen LogP contribution in [-0.2, 0) is 10.0 Å². The molecule has 0 saturated heterocycles. The highest BCUT2D eigenvalue weighted by atomic mass is 32.2. The van der Waals surface area contributed by atoms with E-state index in [4.69, 9.17) is 5.11 Å². The highest BCUT2D eigenvalue weighted by molar-refractivity contribution is 7.91. The van der Waals surface area contributed by atoms with Crippen molar-refractivity contribution in [2.45, 2.75) is 29.9 Å². The number of carboxylic acids is 1. The van der Waals surface area contributed by atoms with Crippen molar-refractivity contribution in [3.05, 3.63) is 17.0 Å². The van der Waals surface area contributed by atoms with Crippen molar-refractivity contribution in [1.82, 2.24) is 4.72 Å². The number of aromatic carboxylic acids is 1. The smallest absolute Gasteiger partial charge is 0.345 e. The molecule has 0 bridgehead atoms. The Labute approximate surface area is 127 Å². The summed E-state index contributed by atoms with van der Waals surface area (Å²) in [6.45, 7) is 0.364. The number of carbonyl (C=O) groups is 1. The number of aliphatic hydroxyl groups excluding tert-OH is 1. The van der Waals surface area contributed by atoms with Crippen LogP contribution in [0.3, 0.4) is 0 Å². The second-order valence-electron chi connectivity index (χ2n) is 5.26. The summed E-state index contributed by atoms with van der Waals surface area (Å²) in [5.74, 6) is -0.856. The molecule has 1 aliphatic rings. The molecule has 1 aliphatic carbocycles. The minimum atomic E-state index is -3.68. The van der Waals surface area contributed by atoms with Crippen LogP contribution in [-0.4, -0.2) is 37.8 Å². The summed E-state index contributed by atoms with van der Waals surface area (Å²) in [7, 11) is -3.68. The third-order valence-electron chi connectivity index (χ3n) is 3.89. The molecule has 0 aliphatic heterocycles. The molecule has 3 N–H and O–H groups in total. The maximum atomic E-state index is 12.1. The Morgan fingerprint density at radius 3 is 2.52 bits per heavy atom. The van der Waals surface area contributed by atoms with Crippen LogP contribution in [0, 0.1) is 11.8 Å². The van der Waals surface area contributed by atoms with Crippen LogP contribution in [0.25, 0.3) is 0 Å². The van der Waals surface area contributed by atoms with E-state index in [-0.39, 0.29) is 34.1 Å². The van der Waals surface area contributed by atoms with Crippen molar-refractivity contribution < 1.29 is 23.4 Å². The summed E-state index contributed by atoms with van der Waals surface area (Å²) in [5, 5.41) is 18.2. The summed E-state index contributed by atoms with van der Waals surface area (Å²) < 4.78 is 26.8. The SMILES string of the molecule is O=C(O)c1ccc(S(=O)(=O)NCC2CCCCC2CO)s1. The number of aliphatic hydroxyl groups is 1. The van der Waals surface area contributed by atoms with E-state index in [1.54, 1.807) is 0 Å². The van der Waals surface area contributed by atoms with Gasteiger partial charge in [-0.2, -0.15) is 0 Å². The van der Waals surface area contributed by atoms with Crippen LogP contribution in [0.1, 0.15) is 35.4 Å². The van der Waals surface area contributed by atoms with Gasteiger partial charge in [-0.15, -0.1) is 11.3 Å². The van der Waals surface area contributed by atoms with Gasteiger partial charge < -0.3 is 10.2 Å². The zero-order chi connectivity index (χ0) is 15.5. The molecule has 0 spiro atoms. The van der Waals surface area contributed by atoms with E-state index >= 15 is 0 Å². The van der Waals surface area contributed by atoms with Crippen LogP contribution in [0.2, 0.25) is 0 Å². The number of carboxylic acid groups (broad SMARTS) is 1. The van der Waals surface area contributed by atoms with Crippen LogP contribution < -0.4 is 4.72 Å². The third kappa shape index (κ3) is 4.03. The van der Waals surface area contributed by atoms with E-state index in [9.17, 15) is 18.3 Å². The predicted molar refractivity (Wildman–Crippen MR) is 79.0 cm³/mol. The van der Waals surface area contributed by atoms with E-state index in [0.717, 1.165) is 37.0 Å². The second kappa shape index (κ2) is 6.87. The monoisotopic (exact) mass is 333 g/mol. The van der Waals surface area contributed by atoms with Crippen molar-refractivity contribution >= 4 is 27.3 Å². The number of nitrogens with one attached hydrogen (secondary N) is 1. The van der Waals surface area contributed by atoms with E-state index in [1.807, 2.05) is 0 Å². The first kappa shape index (κ1) is 16.4. The molecule has 0 aromatic carbocycles. The van der Waals surface area contributed by atoms with Gasteiger partial charge in [-0.05, 0) is 36.8 Å². The molecule has 1 aromatic heterocycles. The van der Waals surface area contributed by atoms with Gasteiger partial charge in [0.05, 0.1) is 0 Å². The molecule has 2 unspecified atom stereocenters. The maximum Gasteiger partial charge on any atom is 0.345 e. The number of hydrogen-bond acceptors (Lipinski definition) is 5. The van der Waals surface area contributed by atoms with Crippen molar-refractivity contribution in [3.63, 3.8) is 0 Å². The number of thiophene rings is 1. The summed E-state index contributed by atoms with van der Waals surface area (Å²) in [6.07, 6.45) is 3.94. The molecule has 8 heteroatoms. The molecule has 1 fully saturated rings. The highest BCUT2D eigenvalue weighted by Crippen LogP contribution is 2.30. The predicted octanol–water partition coefficient (Wildman–Crippen LogP) is 1.52. The molecule has 1 aromatic rings. The third-order valence-corrected chi connectivity index (χ3v) is 6.88. The number of sulfonamides is 1. The standard InChI is InChI=1S/C13H19NO5S2/c15-8-10-4-2-1-3-9(10)7-14-21(18,19)12-6-5-11(20-12)13(16)17/h5-6,9-10,14-15H,1-4,7-8H2,(H,16,17). The molecule has 118 valence electrons. The molecule has 1 heterocycles. The van der Waals surface area contributed by atoms with Gasteiger partial charge in [0.2, 0.25) is 10.0 Å². The van der Waals surface area contributed by atoms with Crippen molar-refractivity contribution in [2.24, 2.45) is 11.8 Å². The lowest BCUT2D eigenvalue weighted by Gasteiger charge is -2.30. The maximum absolute atomic E-state index is 12.1. The van der Waals surface area contributed by atoms with Gasteiger partial charge in [-0.25, -0.2) is 17.9 Å². The van der Waals surface area contributed by atoms with Crippen molar-refractivity contribution in [1.29, 1.82) is 0 Å². The molecule has 21 heavy (non-hydrogen) atoms. The zero-order valence-corrected chi connectivity index (χ0v) is 13.1. The molecule has 2 rings (SSSR count). The topological polar surface area (TPSA) is 104 Å². The van der Waals surface area contributed by atoms with Crippen molar-refractivity contribution in [2.75, 3.05) is 13.2 Å². The molecule has 0 radical (unpaired) electrons. The first-order valence-electron chi connectivity index (χ1n) is 6.87. The average Bonchev–Trinajstić information content (AvgIpc) is 2.96. The number of hydrogen-bond donors (Lipinski definition) is 3. The molecule has 1 saturated carbocycles. The van der Waals surface area contributed by atoms with Gasteiger partial charge >= 0.3 is 5.97 Å².